The van der Waals surface area contributed by atoms with Gasteiger partial charge < -0.3 is 25.1 Å². The molecule has 0 heterocycles. The van der Waals surface area contributed by atoms with Crippen molar-refractivity contribution in [1.82, 2.24) is 5.32 Å². The molecule has 138 valence electrons. The van der Waals surface area contributed by atoms with Gasteiger partial charge in [-0.1, -0.05) is 54.6 Å². The zero-order valence-corrected chi connectivity index (χ0v) is 14.9. The van der Waals surface area contributed by atoms with Gasteiger partial charge in [-0.05, 0) is 37.5 Å². The molecule has 2 atom stereocenters. The predicted octanol–water partition coefficient (Wildman–Crippen LogP) is 2.03. The number of nitrogens with one attached hydrogen (secondary N) is 1. The van der Waals surface area contributed by atoms with Crippen LogP contribution >= 0.6 is 0 Å². The van der Waals surface area contributed by atoms with E-state index in [1.807, 2.05) is 30.3 Å². The van der Waals surface area contributed by atoms with E-state index in [-0.39, 0.29) is 0 Å². The van der Waals surface area contributed by atoms with Crippen LogP contribution in [0.3, 0.4) is 0 Å². The standard InChI is InChI=1S/C20H23NO5/c1-20(2,3)26-19(25)21-16(18(23)24)17(22)15-11-9-14(10-12-15)13-7-5-4-6-8-13/h4-12,16-17,22H,1-3H3,(H,21,25)(H,23,24)/p-1/t16-,17-/m1/s1. The number of hydrogen-bond acceptors (Lipinski definition) is 5. The molecule has 0 aliphatic carbocycles. The normalized spacial score (nSPS) is 13.5. The van der Waals surface area contributed by atoms with Gasteiger partial charge >= 0.3 is 6.09 Å². The predicted molar refractivity (Wildman–Crippen MR) is 95.0 cm³/mol. The second kappa shape index (κ2) is 8.01. The van der Waals surface area contributed by atoms with Gasteiger partial charge in [0.15, 0.2) is 0 Å². The summed E-state index contributed by atoms with van der Waals surface area (Å²) in [4.78, 5) is 23.2. The fraction of sp³-hybridized carbons (Fsp3) is 0.300. The van der Waals surface area contributed by atoms with E-state index in [0.29, 0.717) is 5.56 Å². The van der Waals surface area contributed by atoms with Crippen molar-refractivity contribution in [1.29, 1.82) is 0 Å². The summed E-state index contributed by atoms with van der Waals surface area (Å²) in [7, 11) is 0. The lowest BCUT2D eigenvalue weighted by molar-refractivity contribution is -0.310. The number of alkyl carbamates (subject to hydrolysis) is 1. The van der Waals surface area contributed by atoms with E-state index in [1.165, 1.54) is 0 Å². The zero-order valence-electron chi connectivity index (χ0n) is 14.9. The number of carbonyl (C=O) groups is 2. The number of aliphatic carboxylic acids is 1. The number of ether oxygens (including phenoxy) is 1. The van der Waals surface area contributed by atoms with Crippen molar-refractivity contribution in [3.63, 3.8) is 0 Å². The van der Waals surface area contributed by atoms with Crippen LogP contribution in [-0.4, -0.2) is 28.8 Å². The number of aliphatic hydroxyl groups is 1. The first-order valence-corrected chi connectivity index (χ1v) is 8.21. The lowest BCUT2D eigenvalue weighted by atomic mass is 9.98. The summed E-state index contributed by atoms with van der Waals surface area (Å²) in [6.45, 7) is 4.96. The molecule has 0 aliphatic rings. The molecule has 6 heteroatoms. The van der Waals surface area contributed by atoms with Crippen LogP contribution in [0.25, 0.3) is 11.1 Å². The molecule has 2 aromatic rings. The van der Waals surface area contributed by atoms with E-state index in [2.05, 4.69) is 5.32 Å². The molecule has 0 radical (unpaired) electrons. The van der Waals surface area contributed by atoms with Crippen LogP contribution in [-0.2, 0) is 9.53 Å². The smallest absolute Gasteiger partial charge is 0.408 e. The first kappa shape index (κ1) is 19.5. The molecule has 2 rings (SSSR count). The molecular formula is C20H22NO5-. The van der Waals surface area contributed by atoms with E-state index in [1.54, 1.807) is 45.0 Å². The van der Waals surface area contributed by atoms with Gasteiger partial charge in [-0.25, -0.2) is 4.79 Å². The molecule has 1 amide bonds. The van der Waals surface area contributed by atoms with Crippen molar-refractivity contribution in [2.45, 2.75) is 38.5 Å². The molecule has 0 fully saturated rings. The zero-order chi connectivity index (χ0) is 19.3. The third-order valence-electron chi connectivity index (χ3n) is 3.60. The number of amides is 1. The maximum Gasteiger partial charge on any atom is 0.408 e. The Kier molecular flexibility index (Phi) is 6.00. The number of aliphatic hydroxyl groups excluding tert-OH is 1. The third kappa shape index (κ3) is 5.32. The van der Waals surface area contributed by atoms with Gasteiger partial charge in [-0.2, -0.15) is 0 Å². The highest BCUT2D eigenvalue weighted by Gasteiger charge is 2.26. The summed E-state index contributed by atoms with van der Waals surface area (Å²) < 4.78 is 5.03. The van der Waals surface area contributed by atoms with Crippen LogP contribution < -0.4 is 10.4 Å². The molecule has 0 aromatic heterocycles. The number of rotatable bonds is 5. The van der Waals surface area contributed by atoms with Crippen LogP contribution in [0.5, 0.6) is 0 Å². The lowest BCUT2D eigenvalue weighted by Crippen LogP contribution is -2.52. The highest BCUT2D eigenvalue weighted by molar-refractivity contribution is 5.79. The van der Waals surface area contributed by atoms with Crippen molar-refractivity contribution in [3.8, 4) is 11.1 Å². The average Bonchev–Trinajstić information content (AvgIpc) is 2.58. The average molecular weight is 356 g/mol. The van der Waals surface area contributed by atoms with Crippen molar-refractivity contribution in [3.05, 3.63) is 60.2 Å². The summed E-state index contributed by atoms with van der Waals surface area (Å²) >= 11 is 0. The summed E-state index contributed by atoms with van der Waals surface area (Å²) in [5.74, 6) is -1.60. The van der Waals surface area contributed by atoms with Crippen LogP contribution in [0.15, 0.2) is 54.6 Å². The first-order valence-electron chi connectivity index (χ1n) is 8.21. The molecule has 6 nitrogen and oxygen atoms in total. The number of carbonyl (C=O) groups excluding carboxylic acids is 2. The third-order valence-corrected chi connectivity index (χ3v) is 3.60. The Bertz CT molecular complexity index is 750. The monoisotopic (exact) mass is 356 g/mol. The Labute approximate surface area is 152 Å². The summed E-state index contributed by atoms with van der Waals surface area (Å²) in [5.41, 5.74) is 1.47. The van der Waals surface area contributed by atoms with E-state index in [0.717, 1.165) is 11.1 Å². The maximum absolute atomic E-state index is 11.8. The molecule has 2 aromatic carbocycles. The van der Waals surface area contributed by atoms with Crippen molar-refractivity contribution >= 4 is 12.1 Å². The van der Waals surface area contributed by atoms with Crippen LogP contribution in [0.1, 0.15) is 32.4 Å². The topological polar surface area (TPSA) is 98.7 Å². The van der Waals surface area contributed by atoms with Crippen molar-refractivity contribution in [2.75, 3.05) is 0 Å². The summed E-state index contributed by atoms with van der Waals surface area (Å²) in [6, 6.07) is 14.8. The summed E-state index contributed by atoms with van der Waals surface area (Å²) in [5, 5.41) is 23.9. The van der Waals surface area contributed by atoms with Gasteiger partial charge in [0.1, 0.15) is 17.7 Å². The fourth-order valence-electron chi connectivity index (χ4n) is 2.40. The van der Waals surface area contributed by atoms with Gasteiger partial charge in [0.2, 0.25) is 0 Å². The molecule has 0 saturated carbocycles. The Morgan fingerprint density at radius 3 is 2.04 bits per heavy atom. The number of hydrogen-bond donors (Lipinski definition) is 2. The van der Waals surface area contributed by atoms with E-state index in [9.17, 15) is 19.8 Å². The van der Waals surface area contributed by atoms with Crippen molar-refractivity contribution < 1.29 is 24.5 Å². The Balaban J connectivity index is 2.14. The van der Waals surface area contributed by atoms with E-state index >= 15 is 0 Å². The molecule has 0 spiro atoms. The van der Waals surface area contributed by atoms with Crippen molar-refractivity contribution in [2.24, 2.45) is 0 Å². The maximum atomic E-state index is 11.8. The van der Waals surface area contributed by atoms with Gasteiger partial charge in [0.25, 0.3) is 0 Å². The Hall–Kier alpha value is -2.86. The second-order valence-corrected chi connectivity index (χ2v) is 6.88. The second-order valence-electron chi connectivity index (χ2n) is 6.88. The minimum Gasteiger partial charge on any atom is -0.548 e. The molecule has 0 unspecified atom stereocenters. The number of carboxylic acid groups (broad SMARTS) is 1. The Morgan fingerprint density at radius 1 is 1.00 bits per heavy atom. The van der Waals surface area contributed by atoms with Crippen LogP contribution in [0, 0.1) is 0 Å². The molecule has 26 heavy (non-hydrogen) atoms. The van der Waals surface area contributed by atoms with E-state index < -0.39 is 29.8 Å². The number of benzene rings is 2. The van der Waals surface area contributed by atoms with Crippen LogP contribution in [0.4, 0.5) is 4.79 Å². The van der Waals surface area contributed by atoms with E-state index in [4.69, 9.17) is 4.74 Å². The minimum absolute atomic E-state index is 0.343. The minimum atomic E-state index is -1.63. The SMILES string of the molecule is CC(C)(C)OC(=O)N[C@@H](C(=O)[O-])[C@H](O)c1ccc(-c2ccccc2)cc1. The molecule has 0 saturated heterocycles. The Morgan fingerprint density at radius 2 is 1.54 bits per heavy atom. The molecule has 0 bridgehead atoms. The van der Waals surface area contributed by atoms with Gasteiger partial charge in [-0.3, -0.25) is 0 Å². The van der Waals surface area contributed by atoms with Crippen LogP contribution in [0.2, 0.25) is 0 Å². The molecular weight excluding hydrogens is 334 g/mol. The van der Waals surface area contributed by atoms with Gasteiger partial charge in [0.05, 0.1) is 5.97 Å². The molecule has 2 N–H and O–H groups in total. The first-order chi connectivity index (χ1) is 12.2. The highest BCUT2D eigenvalue weighted by atomic mass is 16.6. The summed E-state index contributed by atoms with van der Waals surface area (Å²) in [6.07, 6.45) is -2.41. The largest absolute Gasteiger partial charge is 0.548 e. The quantitative estimate of drug-likeness (QED) is 0.854. The fourth-order valence-corrected chi connectivity index (χ4v) is 2.40. The van der Waals surface area contributed by atoms with Gasteiger partial charge in [-0.15, -0.1) is 0 Å². The van der Waals surface area contributed by atoms with Gasteiger partial charge in [0, 0.05) is 0 Å². The lowest BCUT2D eigenvalue weighted by Gasteiger charge is -2.27. The molecule has 0 aliphatic heterocycles. The highest BCUT2D eigenvalue weighted by Crippen LogP contribution is 2.23. The number of carboxylic acids is 1.